The van der Waals surface area contributed by atoms with Crippen LogP contribution in [-0.4, -0.2) is 34.3 Å². The first-order valence-corrected chi connectivity index (χ1v) is 6.36. The minimum atomic E-state index is -3.72. The minimum absolute atomic E-state index is 0.433. The van der Waals surface area contributed by atoms with Crippen molar-refractivity contribution in [2.75, 3.05) is 29.9 Å². The summed E-state index contributed by atoms with van der Waals surface area (Å²) >= 11 is 0. The predicted molar refractivity (Wildman–Crippen MR) is 65.1 cm³/mol. The van der Waals surface area contributed by atoms with E-state index >= 15 is 0 Å². The number of esters is 1. The number of rotatable bonds is 4. The Morgan fingerprint density at radius 1 is 1.35 bits per heavy atom. The summed E-state index contributed by atoms with van der Waals surface area (Å²) < 4.78 is 28.9. The lowest BCUT2D eigenvalue weighted by molar-refractivity contribution is -0.137. The number of hydrogen-bond donors (Lipinski definition) is 1. The molecule has 0 heterocycles. The summed E-state index contributed by atoms with van der Waals surface area (Å²) in [6.45, 7) is 0. The maximum atomic E-state index is 11.8. The Morgan fingerprint density at radius 3 is 2.35 bits per heavy atom. The van der Waals surface area contributed by atoms with E-state index in [0.717, 1.165) is 11.4 Å². The summed E-state index contributed by atoms with van der Waals surface area (Å²) in [6, 6.07) is 6.29. The Bertz CT molecular complexity index is 496. The third-order valence-corrected chi connectivity index (χ3v) is 3.85. The molecule has 0 aliphatic heterocycles. The average Bonchev–Trinajstić information content (AvgIpc) is 2.28. The van der Waals surface area contributed by atoms with Crippen LogP contribution in [0.1, 0.15) is 0 Å². The van der Waals surface area contributed by atoms with Crippen molar-refractivity contribution in [3.8, 4) is 0 Å². The molecule has 0 unspecified atom stereocenters. The van der Waals surface area contributed by atoms with Crippen LogP contribution in [0.4, 0.5) is 11.4 Å². The number of nitrogen functional groups attached to an aromatic ring is 1. The first-order chi connectivity index (χ1) is 7.86. The molecule has 7 heteroatoms. The molecule has 1 rings (SSSR count). The molecule has 0 atom stereocenters. The van der Waals surface area contributed by atoms with Gasteiger partial charge in [0.1, 0.15) is 0 Å². The Labute approximate surface area is 100 Å². The van der Waals surface area contributed by atoms with E-state index in [1.165, 1.54) is 7.05 Å². The van der Waals surface area contributed by atoms with E-state index < -0.39 is 21.7 Å². The van der Waals surface area contributed by atoms with Crippen LogP contribution in [0, 0.1) is 0 Å². The molecule has 0 radical (unpaired) electrons. The van der Waals surface area contributed by atoms with Crippen molar-refractivity contribution in [1.82, 2.24) is 0 Å². The van der Waals surface area contributed by atoms with E-state index in [4.69, 9.17) is 5.73 Å². The molecule has 0 fully saturated rings. The summed E-state index contributed by atoms with van der Waals surface area (Å²) in [5.74, 6) is -1.49. The highest BCUT2D eigenvalue weighted by Crippen LogP contribution is 2.18. The van der Waals surface area contributed by atoms with Gasteiger partial charge in [-0.25, -0.2) is 8.42 Å². The maximum Gasteiger partial charge on any atom is 0.322 e. The van der Waals surface area contributed by atoms with E-state index in [-0.39, 0.29) is 0 Å². The Balaban J connectivity index is 2.92. The second-order valence-electron chi connectivity index (χ2n) is 3.39. The molecule has 0 saturated heterocycles. The highest BCUT2D eigenvalue weighted by atomic mass is 32.2. The van der Waals surface area contributed by atoms with Crippen LogP contribution in [0.3, 0.4) is 0 Å². The normalized spacial score (nSPS) is 10.9. The second-order valence-corrected chi connectivity index (χ2v) is 5.39. The molecule has 0 aliphatic carbocycles. The molecule has 0 aromatic heterocycles. The predicted octanol–water partition coefficient (Wildman–Crippen LogP) is 0.208. The minimum Gasteiger partial charge on any atom is -0.468 e. The van der Waals surface area contributed by atoms with Gasteiger partial charge in [0, 0.05) is 12.7 Å². The number of anilines is 2. The van der Waals surface area contributed by atoms with Crippen LogP contribution in [-0.2, 0) is 19.6 Å². The Hall–Kier alpha value is -1.76. The lowest BCUT2D eigenvalue weighted by Gasteiger charge is -2.18. The number of ether oxygens (including phenoxy) is 1. The van der Waals surface area contributed by atoms with Gasteiger partial charge in [0.05, 0.1) is 12.8 Å². The maximum absolute atomic E-state index is 11.8. The molecule has 94 valence electrons. The summed E-state index contributed by atoms with van der Waals surface area (Å²) in [4.78, 5) is 11.0. The number of benzene rings is 1. The van der Waals surface area contributed by atoms with Crippen LogP contribution >= 0.6 is 0 Å². The molecule has 0 bridgehead atoms. The van der Waals surface area contributed by atoms with Gasteiger partial charge in [0.2, 0.25) is 10.0 Å². The zero-order chi connectivity index (χ0) is 13.1. The van der Waals surface area contributed by atoms with Crippen molar-refractivity contribution in [1.29, 1.82) is 0 Å². The lowest BCUT2D eigenvalue weighted by atomic mass is 10.3. The fraction of sp³-hybridized carbons (Fsp3) is 0.300. The van der Waals surface area contributed by atoms with Gasteiger partial charge < -0.3 is 10.5 Å². The van der Waals surface area contributed by atoms with E-state index in [2.05, 4.69) is 4.74 Å². The topological polar surface area (TPSA) is 89.7 Å². The SMILES string of the molecule is COC(=O)CS(=O)(=O)N(C)c1ccc(N)cc1. The highest BCUT2D eigenvalue weighted by molar-refractivity contribution is 7.93. The van der Waals surface area contributed by atoms with Crippen LogP contribution in [0.15, 0.2) is 24.3 Å². The van der Waals surface area contributed by atoms with Gasteiger partial charge in [0.15, 0.2) is 5.75 Å². The van der Waals surface area contributed by atoms with Crippen LogP contribution in [0.2, 0.25) is 0 Å². The van der Waals surface area contributed by atoms with Gasteiger partial charge in [-0.15, -0.1) is 0 Å². The molecule has 2 N–H and O–H groups in total. The molecule has 0 spiro atoms. The average molecular weight is 258 g/mol. The van der Waals surface area contributed by atoms with Crippen molar-refractivity contribution in [2.24, 2.45) is 0 Å². The van der Waals surface area contributed by atoms with Crippen LogP contribution in [0.5, 0.6) is 0 Å². The summed E-state index contributed by atoms with van der Waals surface area (Å²) in [5, 5.41) is 0. The quantitative estimate of drug-likeness (QED) is 0.616. The zero-order valence-corrected chi connectivity index (χ0v) is 10.4. The smallest absolute Gasteiger partial charge is 0.322 e. The van der Waals surface area contributed by atoms with Crippen LogP contribution < -0.4 is 10.0 Å². The van der Waals surface area contributed by atoms with Crippen LogP contribution in [0.25, 0.3) is 0 Å². The number of nitrogens with two attached hydrogens (primary N) is 1. The lowest BCUT2D eigenvalue weighted by Crippen LogP contribution is -2.32. The standard InChI is InChI=1S/C10H14N2O4S/c1-12(9-5-3-8(11)4-6-9)17(14,15)7-10(13)16-2/h3-6H,7,11H2,1-2H3. The third-order valence-electron chi connectivity index (χ3n) is 2.20. The molecule has 0 saturated carbocycles. The first kappa shape index (κ1) is 13.3. The summed E-state index contributed by atoms with van der Waals surface area (Å²) in [7, 11) is -1.21. The van der Waals surface area contributed by atoms with Gasteiger partial charge in [-0.1, -0.05) is 0 Å². The number of methoxy groups -OCH3 is 1. The number of sulfonamides is 1. The van der Waals surface area contributed by atoms with Gasteiger partial charge in [-0.05, 0) is 24.3 Å². The Morgan fingerprint density at radius 2 is 1.88 bits per heavy atom. The van der Waals surface area contributed by atoms with E-state index in [1.807, 2.05) is 0 Å². The monoisotopic (exact) mass is 258 g/mol. The summed E-state index contributed by atoms with van der Waals surface area (Å²) in [6.07, 6.45) is 0. The van der Waals surface area contributed by atoms with Gasteiger partial charge >= 0.3 is 5.97 Å². The van der Waals surface area contributed by atoms with E-state index in [9.17, 15) is 13.2 Å². The largest absolute Gasteiger partial charge is 0.468 e. The van der Waals surface area contributed by atoms with Crippen molar-refractivity contribution in [2.45, 2.75) is 0 Å². The number of carbonyl (C=O) groups is 1. The molecular weight excluding hydrogens is 244 g/mol. The number of hydrogen-bond acceptors (Lipinski definition) is 5. The molecule has 17 heavy (non-hydrogen) atoms. The zero-order valence-electron chi connectivity index (χ0n) is 9.58. The van der Waals surface area contributed by atoms with Crippen molar-refractivity contribution < 1.29 is 17.9 Å². The third kappa shape index (κ3) is 3.35. The van der Waals surface area contributed by atoms with Gasteiger partial charge in [-0.3, -0.25) is 9.10 Å². The molecule has 0 amide bonds. The second kappa shape index (κ2) is 5.05. The fourth-order valence-electron chi connectivity index (χ4n) is 1.15. The molecule has 1 aromatic rings. The van der Waals surface area contributed by atoms with E-state index in [1.54, 1.807) is 24.3 Å². The molecule has 1 aromatic carbocycles. The van der Waals surface area contributed by atoms with Gasteiger partial charge in [-0.2, -0.15) is 0 Å². The van der Waals surface area contributed by atoms with E-state index in [0.29, 0.717) is 11.4 Å². The molecule has 6 nitrogen and oxygen atoms in total. The molecule has 0 aliphatic rings. The molecular formula is C10H14N2O4S. The summed E-state index contributed by atoms with van der Waals surface area (Å²) in [5.41, 5.74) is 6.46. The number of carbonyl (C=O) groups excluding carboxylic acids is 1. The fourth-order valence-corrected chi connectivity index (χ4v) is 2.20. The highest BCUT2D eigenvalue weighted by Gasteiger charge is 2.22. The van der Waals surface area contributed by atoms with Crippen molar-refractivity contribution in [3.05, 3.63) is 24.3 Å². The Kier molecular flexibility index (Phi) is 3.95. The van der Waals surface area contributed by atoms with Crippen molar-refractivity contribution >= 4 is 27.4 Å². The van der Waals surface area contributed by atoms with Crippen molar-refractivity contribution in [3.63, 3.8) is 0 Å². The number of nitrogens with zero attached hydrogens (tertiary/aromatic N) is 1. The first-order valence-electron chi connectivity index (χ1n) is 4.76. The van der Waals surface area contributed by atoms with Gasteiger partial charge in [0.25, 0.3) is 0 Å².